The number of nitrogens with zero attached hydrogens (tertiary/aromatic N) is 1. The van der Waals surface area contributed by atoms with Crippen LogP contribution < -0.4 is 0 Å². The van der Waals surface area contributed by atoms with Gasteiger partial charge in [0.05, 0.1) is 4.90 Å². The fraction of sp³-hybridized carbons (Fsp3) is 0.222. The van der Waals surface area contributed by atoms with Crippen LogP contribution in [-0.4, -0.2) is 25.8 Å². The van der Waals surface area contributed by atoms with Crippen molar-refractivity contribution in [1.29, 1.82) is 0 Å². The van der Waals surface area contributed by atoms with E-state index < -0.39 is 10.0 Å². The second-order valence-electron chi connectivity index (χ2n) is 5.77. The lowest BCUT2D eigenvalue weighted by Crippen LogP contribution is -2.28. The molecular weight excluding hydrogens is 406 g/mol. The fourth-order valence-corrected chi connectivity index (χ4v) is 5.73. The van der Waals surface area contributed by atoms with Crippen LogP contribution in [0.1, 0.15) is 10.4 Å². The average molecular weight is 424 g/mol. The molecule has 1 saturated heterocycles. The molecule has 0 radical (unpaired) electrons. The highest BCUT2D eigenvalue weighted by atomic mass is 79.9. The lowest BCUT2D eigenvalue weighted by Gasteiger charge is -2.15. The van der Waals surface area contributed by atoms with Gasteiger partial charge in [-0.2, -0.15) is 4.31 Å². The van der Waals surface area contributed by atoms with Gasteiger partial charge in [-0.3, -0.25) is 0 Å². The third kappa shape index (κ3) is 3.28. The Hall–Kier alpha value is -1.21. The number of benzene rings is 1. The van der Waals surface area contributed by atoms with Crippen LogP contribution in [0.5, 0.6) is 0 Å². The maximum atomic E-state index is 12.9. The Morgan fingerprint density at radius 1 is 1.33 bits per heavy atom. The molecule has 1 atom stereocenters. The van der Waals surface area contributed by atoms with Crippen molar-refractivity contribution in [1.82, 2.24) is 4.31 Å². The summed E-state index contributed by atoms with van der Waals surface area (Å²) in [5.74, 6) is 0.0155. The van der Waals surface area contributed by atoms with Gasteiger partial charge < -0.3 is 0 Å². The molecule has 2 heterocycles. The van der Waals surface area contributed by atoms with E-state index in [9.17, 15) is 8.42 Å². The van der Waals surface area contributed by atoms with E-state index in [1.165, 1.54) is 4.31 Å². The molecule has 0 bridgehead atoms. The summed E-state index contributed by atoms with van der Waals surface area (Å²) in [6.07, 6.45) is 1.83. The summed E-state index contributed by atoms with van der Waals surface area (Å²) in [6.45, 7) is 6.63. The average Bonchev–Trinajstić information content (AvgIpc) is 3.24. The van der Waals surface area contributed by atoms with Crippen LogP contribution in [0.2, 0.25) is 0 Å². The molecule has 1 aliphatic heterocycles. The summed E-state index contributed by atoms with van der Waals surface area (Å²) in [7, 11) is -3.50. The SMILES string of the molecule is C=CC1CN(S(=O)(=O)c2ccc(C)cc2)C/C1=C(\Br)c1cccs1. The number of hydrogen-bond acceptors (Lipinski definition) is 3. The van der Waals surface area contributed by atoms with E-state index in [4.69, 9.17) is 0 Å². The van der Waals surface area contributed by atoms with Crippen LogP contribution in [0.3, 0.4) is 0 Å². The van der Waals surface area contributed by atoms with Crippen molar-refractivity contribution >= 4 is 41.8 Å². The van der Waals surface area contributed by atoms with Crippen molar-refractivity contribution in [3.05, 3.63) is 70.4 Å². The first-order valence-electron chi connectivity index (χ1n) is 7.55. The van der Waals surface area contributed by atoms with Crippen LogP contribution in [0.25, 0.3) is 4.48 Å². The van der Waals surface area contributed by atoms with Gasteiger partial charge in [-0.1, -0.05) is 29.8 Å². The Kier molecular flexibility index (Phi) is 5.11. The summed E-state index contributed by atoms with van der Waals surface area (Å²) in [6, 6.07) is 11.0. The molecular formula is C18H18BrNO2S2. The molecule has 1 aliphatic rings. The van der Waals surface area contributed by atoms with Crippen LogP contribution in [0, 0.1) is 12.8 Å². The quantitative estimate of drug-likeness (QED) is 0.669. The van der Waals surface area contributed by atoms with Gasteiger partial charge in [0, 0.05) is 28.4 Å². The van der Waals surface area contributed by atoms with E-state index in [1.807, 2.05) is 42.6 Å². The number of hydrogen-bond donors (Lipinski definition) is 0. The van der Waals surface area contributed by atoms with Crippen molar-refractivity contribution in [3.63, 3.8) is 0 Å². The third-order valence-electron chi connectivity index (χ3n) is 4.16. The van der Waals surface area contributed by atoms with Gasteiger partial charge in [0.25, 0.3) is 0 Å². The number of thiophene rings is 1. The molecule has 1 unspecified atom stereocenters. The summed E-state index contributed by atoms with van der Waals surface area (Å²) in [5, 5.41) is 2.01. The van der Waals surface area contributed by atoms with Crippen molar-refractivity contribution in [2.45, 2.75) is 11.8 Å². The zero-order valence-corrected chi connectivity index (χ0v) is 16.5. The lowest BCUT2D eigenvalue weighted by atomic mass is 10.0. The van der Waals surface area contributed by atoms with E-state index in [0.717, 1.165) is 20.5 Å². The van der Waals surface area contributed by atoms with Crippen molar-refractivity contribution in [3.8, 4) is 0 Å². The van der Waals surface area contributed by atoms with Crippen molar-refractivity contribution in [2.75, 3.05) is 13.1 Å². The molecule has 1 aromatic heterocycles. The van der Waals surface area contributed by atoms with Gasteiger partial charge >= 0.3 is 0 Å². The zero-order chi connectivity index (χ0) is 17.3. The van der Waals surface area contributed by atoms with Gasteiger partial charge in [0.1, 0.15) is 0 Å². The van der Waals surface area contributed by atoms with E-state index in [-0.39, 0.29) is 5.92 Å². The Morgan fingerprint density at radius 2 is 2.04 bits per heavy atom. The van der Waals surface area contributed by atoms with Crippen molar-refractivity contribution < 1.29 is 8.42 Å². The maximum absolute atomic E-state index is 12.9. The molecule has 0 saturated carbocycles. The molecule has 126 valence electrons. The van der Waals surface area contributed by atoms with E-state index in [2.05, 4.69) is 22.5 Å². The minimum Gasteiger partial charge on any atom is -0.207 e. The molecule has 1 fully saturated rings. The molecule has 2 aromatic rings. The van der Waals surface area contributed by atoms with Gasteiger partial charge in [-0.15, -0.1) is 17.9 Å². The van der Waals surface area contributed by atoms with E-state index in [1.54, 1.807) is 23.5 Å². The minimum absolute atomic E-state index is 0.0155. The number of sulfonamides is 1. The smallest absolute Gasteiger partial charge is 0.207 e. The Bertz CT molecular complexity index is 868. The van der Waals surface area contributed by atoms with Gasteiger partial charge in [-0.25, -0.2) is 8.42 Å². The molecule has 0 amide bonds. The standard InChI is InChI=1S/C18H18BrNO2S2/c1-3-14-11-20(12-16(14)18(19)17-5-4-10-23-17)24(21,22)15-8-6-13(2)7-9-15/h3-10,14H,1,11-12H2,2H3/b18-16+. The monoisotopic (exact) mass is 423 g/mol. The molecule has 1 aromatic carbocycles. The molecule has 3 nitrogen and oxygen atoms in total. The molecule has 3 rings (SSSR count). The summed E-state index contributed by atoms with van der Waals surface area (Å²) >= 11 is 5.28. The zero-order valence-electron chi connectivity index (χ0n) is 13.3. The van der Waals surface area contributed by atoms with E-state index >= 15 is 0 Å². The largest absolute Gasteiger partial charge is 0.243 e. The lowest BCUT2D eigenvalue weighted by molar-refractivity contribution is 0.471. The highest BCUT2D eigenvalue weighted by Crippen LogP contribution is 2.38. The topological polar surface area (TPSA) is 37.4 Å². The maximum Gasteiger partial charge on any atom is 0.243 e. The van der Waals surface area contributed by atoms with Crippen molar-refractivity contribution in [2.24, 2.45) is 5.92 Å². The van der Waals surface area contributed by atoms with Crippen LogP contribution in [0.4, 0.5) is 0 Å². The summed E-state index contributed by atoms with van der Waals surface area (Å²) < 4.78 is 28.3. The Labute approximate surface area is 155 Å². The van der Waals surface area contributed by atoms with E-state index in [0.29, 0.717) is 18.0 Å². The number of rotatable bonds is 4. The normalized spacial score (nSPS) is 21.0. The summed E-state index contributed by atoms with van der Waals surface area (Å²) in [5.41, 5.74) is 2.10. The number of aryl methyl sites for hydroxylation is 1. The predicted octanol–water partition coefficient (Wildman–Crippen LogP) is 4.67. The highest BCUT2D eigenvalue weighted by Gasteiger charge is 2.35. The second kappa shape index (κ2) is 6.96. The third-order valence-corrected chi connectivity index (χ3v) is 8.07. The molecule has 24 heavy (non-hydrogen) atoms. The first-order chi connectivity index (χ1) is 11.4. The number of halogens is 1. The van der Waals surface area contributed by atoms with Crippen LogP contribution in [0.15, 0.2) is 64.9 Å². The van der Waals surface area contributed by atoms with Crippen LogP contribution >= 0.6 is 27.3 Å². The highest BCUT2D eigenvalue weighted by molar-refractivity contribution is 9.15. The van der Waals surface area contributed by atoms with Crippen LogP contribution in [-0.2, 0) is 10.0 Å². The summed E-state index contributed by atoms with van der Waals surface area (Å²) in [4.78, 5) is 1.44. The minimum atomic E-state index is -3.50. The first kappa shape index (κ1) is 17.6. The molecule has 6 heteroatoms. The van der Waals surface area contributed by atoms with Gasteiger partial charge in [0.2, 0.25) is 10.0 Å². The molecule has 0 N–H and O–H groups in total. The Balaban J connectivity index is 1.96. The predicted molar refractivity (Wildman–Crippen MR) is 104 cm³/mol. The first-order valence-corrected chi connectivity index (χ1v) is 10.7. The van der Waals surface area contributed by atoms with Gasteiger partial charge in [-0.05, 0) is 52.0 Å². The molecule has 0 spiro atoms. The fourth-order valence-electron chi connectivity index (χ4n) is 2.75. The molecule has 0 aliphatic carbocycles. The Morgan fingerprint density at radius 3 is 2.62 bits per heavy atom. The van der Waals surface area contributed by atoms with Gasteiger partial charge in [0.15, 0.2) is 0 Å². The second-order valence-corrected chi connectivity index (χ2v) is 9.45.